The molecule has 28 heteroatoms. The summed E-state index contributed by atoms with van der Waals surface area (Å²) in [5.74, 6) is -18.8. The normalized spacial score (nSPS) is 24.7. The van der Waals surface area contributed by atoms with Crippen LogP contribution in [-0.2, 0) is 39.4 Å². The maximum atomic E-state index is 14.6. The Hall–Kier alpha value is -2.10. The van der Waals surface area contributed by atoms with Crippen molar-refractivity contribution in [1.82, 2.24) is 0 Å². The van der Waals surface area contributed by atoms with E-state index in [1.807, 2.05) is 0 Å². The Morgan fingerprint density at radius 1 is 0.605 bits per heavy atom. The quantitative estimate of drug-likeness (QED) is 0.249. The molecule has 226 valence electrons. The van der Waals surface area contributed by atoms with E-state index in [9.17, 15) is 94.9 Å². The van der Waals surface area contributed by atoms with Crippen LogP contribution < -0.4 is 0 Å². The lowest BCUT2D eigenvalue weighted by Gasteiger charge is -2.39. The summed E-state index contributed by atoms with van der Waals surface area (Å²) >= 11 is 0. The lowest BCUT2D eigenvalue weighted by atomic mass is 10.1. The number of hydrogen-bond acceptors (Lipinski definition) is 8. The fraction of sp³-hybridized carbons (Fsp3) is 0.800. The molecule has 0 saturated carbocycles. The number of ether oxygens (including phenoxy) is 4. The molecule has 0 aromatic carbocycles. The second-order valence-corrected chi connectivity index (χ2v) is 8.90. The van der Waals surface area contributed by atoms with E-state index in [0.717, 1.165) is 0 Å². The molecular weight excluding hydrogens is 654 g/mol. The second kappa shape index (κ2) is 8.70. The van der Waals surface area contributed by atoms with Gasteiger partial charge in [0.1, 0.15) is 0 Å². The van der Waals surface area contributed by atoms with Crippen LogP contribution in [0.2, 0.25) is 0 Å². The van der Waals surface area contributed by atoms with Crippen molar-refractivity contribution < 1.29 is 114 Å². The molecule has 0 amide bonds. The lowest BCUT2D eigenvalue weighted by molar-refractivity contribution is -0.525. The van der Waals surface area contributed by atoms with Crippen LogP contribution in [0.15, 0.2) is 12.0 Å². The zero-order valence-corrected chi connectivity index (χ0v) is 17.5. The topological polar surface area (TPSA) is 105 Å². The van der Waals surface area contributed by atoms with Crippen molar-refractivity contribution in [3.05, 3.63) is 12.0 Å². The van der Waals surface area contributed by atoms with Gasteiger partial charge in [-0.15, -0.1) is 0 Å². The number of hydrogen-bond donors (Lipinski definition) is 0. The van der Waals surface area contributed by atoms with E-state index in [1.54, 1.807) is 0 Å². The third kappa shape index (κ3) is 4.86. The van der Waals surface area contributed by atoms with Crippen molar-refractivity contribution in [1.29, 1.82) is 0 Å². The van der Waals surface area contributed by atoms with Gasteiger partial charge >= 0.3 is 79.1 Å². The van der Waals surface area contributed by atoms with Crippen LogP contribution in [0.1, 0.15) is 0 Å². The summed E-state index contributed by atoms with van der Waals surface area (Å²) < 4.78 is 287. The predicted octanol–water partition coefficient (Wildman–Crippen LogP) is 4.62. The molecule has 1 rings (SSSR count). The SMILES string of the molecule is O=S(=O)(F)C(F)(F)C(F)(F)OC(F)(F)C1(F)OC(=C(F)F)OC1(F)C(F)(F)OC(F)(F)C(F)(F)S(=O)(=O)F. The van der Waals surface area contributed by atoms with Crippen molar-refractivity contribution in [2.75, 3.05) is 0 Å². The van der Waals surface area contributed by atoms with E-state index in [4.69, 9.17) is 0 Å². The van der Waals surface area contributed by atoms with Gasteiger partial charge in [0.05, 0.1) is 0 Å². The van der Waals surface area contributed by atoms with Gasteiger partial charge in [0.15, 0.2) is 0 Å². The molecule has 0 radical (unpaired) electrons. The highest BCUT2D eigenvalue weighted by Crippen LogP contribution is 2.62. The maximum absolute atomic E-state index is 14.6. The van der Waals surface area contributed by atoms with Crippen molar-refractivity contribution in [2.45, 2.75) is 46.7 Å². The van der Waals surface area contributed by atoms with Crippen LogP contribution in [0.5, 0.6) is 0 Å². The van der Waals surface area contributed by atoms with E-state index in [1.165, 1.54) is 9.47 Å². The molecule has 0 aliphatic carbocycles. The summed E-state index contributed by atoms with van der Waals surface area (Å²) in [6.45, 7) is 0. The Morgan fingerprint density at radius 2 is 0.842 bits per heavy atom. The van der Waals surface area contributed by atoms with Crippen molar-refractivity contribution in [3.63, 3.8) is 0 Å². The molecule has 0 aromatic rings. The molecule has 1 aliphatic heterocycles. The minimum absolute atomic E-state index is 1.47. The smallest absolute Gasteiger partial charge is 0.410 e. The number of halogens is 18. The lowest BCUT2D eigenvalue weighted by Crippen LogP contribution is -2.69. The average molecular weight is 654 g/mol. The zero-order valence-electron chi connectivity index (χ0n) is 15.9. The van der Waals surface area contributed by atoms with Crippen LogP contribution in [-0.4, -0.2) is 63.5 Å². The van der Waals surface area contributed by atoms with E-state index < -0.39 is 79.1 Å². The molecule has 0 aromatic heterocycles. The maximum Gasteiger partial charge on any atom is 0.464 e. The Bertz CT molecular complexity index is 1110. The largest absolute Gasteiger partial charge is 0.464 e. The fourth-order valence-corrected chi connectivity index (χ4v) is 2.48. The van der Waals surface area contributed by atoms with Crippen molar-refractivity contribution >= 4 is 20.4 Å². The molecule has 0 bridgehead atoms. The van der Waals surface area contributed by atoms with Crippen LogP contribution >= 0.6 is 0 Å². The summed E-state index contributed by atoms with van der Waals surface area (Å²) in [5, 5.41) is -15.2. The second-order valence-electron chi connectivity index (χ2n) is 6.12. The van der Waals surface area contributed by atoms with E-state index in [2.05, 4.69) is 9.47 Å². The Kier molecular flexibility index (Phi) is 7.77. The summed E-state index contributed by atoms with van der Waals surface area (Å²) in [6, 6.07) is 0. The number of rotatable bonds is 10. The molecule has 1 aliphatic rings. The first-order valence-corrected chi connectivity index (χ1v) is 10.3. The highest BCUT2D eigenvalue weighted by molar-refractivity contribution is 7.87. The average Bonchev–Trinajstić information content (AvgIpc) is 2.93. The molecule has 2 atom stereocenters. The van der Waals surface area contributed by atoms with Crippen molar-refractivity contribution in [3.8, 4) is 0 Å². The molecule has 1 heterocycles. The van der Waals surface area contributed by atoms with Gasteiger partial charge in [-0.25, -0.2) is 9.47 Å². The van der Waals surface area contributed by atoms with Crippen LogP contribution in [0, 0.1) is 0 Å². The van der Waals surface area contributed by atoms with Crippen molar-refractivity contribution in [2.24, 2.45) is 0 Å². The van der Waals surface area contributed by atoms with Crippen LogP contribution in [0.4, 0.5) is 78.0 Å². The van der Waals surface area contributed by atoms with E-state index >= 15 is 0 Å². The molecule has 0 N–H and O–H groups in total. The fourth-order valence-electron chi connectivity index (χ4n) is 1.83. The van der Waals surface area contributed by atoms with Gasteiger partial charge in [-0.2, -0.15) is 87.1 Å². The molecule has 38 heavy (non-hydrogen) atoms. The Labute approximate surface area is 194 Å². The highest BCUT2D eigenvalue weighted by Gasteiger charge is 2.92. The summed E-state index contributed by atoms with van der Waals surface area (Å²) in [5.41, 5.74) is 0. The number of alkyl halides is 14. The standard InChI is InChI=1S/C10F18O8S2/c11-1(12)2-33-3(13,5(15,16)35-7(19,20)9(23,24)37(27,29)30)4(14,34-2)6(17,18)36-8(21,22)10(25,26)38(28,31)32. The molecular formula is C10F18O8S2. The van der Waals surface area contributed by atoms with Crippen LogP contribution in [0.3, 0.4) is 0 Å². The van der Waals surface area contributed by atoms with E-state index in [0.29, 0.717) is 0 Å². The molecule has 1 fully saturated rings. The third-order valence-corrected chi connectivity index (χ3v) is 5.29. The van der Waals surface area contributed by atoms with Gasteiger partial charge in [-0.05, 0) is 0 Å². The summed E-state index contributed by atoms with van der Waals surface area (Å²) in [6.07, 6.45) is -35.4. The van der Waals surface area contributed by atoms with Gasteiger partial charge in [-0.3, -0.25) is 0 Å². The van der Waals surface area contributed by atoms with Gasteiger partial charge < -0.3 is 9.47 Å². The van der Waals surface area contributed by atoms with Gasteiger partial charge in [0.25, 0.3) is 0 Å². The summed E-state index contributed by atoms with van der Waals surface area (Å²) in [7, 11) is -16.2. The molecule has 2 unspecified atom stereocenters. The van der Waals surface area contributed by atoms with Gasteiger partial charge in [0.2, 0.25) is 0 Å². The minimum Gasteiger partial charge on any atom is -0.410 e. The van der Waals surface area contributed by atoms with E-state index in [-0.39, 0.29) is 0 Å². The minimum atomic E-state index is -8.12. The predicted molar refractivity (Wildman–Crippen MR) is 71.0 cm³/mol. The Balaban J connectivity index is 3.83. The third-order valence-electron chi connectivity index (χ3n) is 3.59. The first-order valence-electron chi connectivity index (χ1n) is 7.54. The first-order chi connectivity index (χ1) is 16.2. The Morgan fingerprint density at radius 3 is 1.03 bits per heavy atom. The molecule has 8 nitrogen and oxygen atoms in total. The zero-order chi connectivity index (χ0) is 31.0. The van der Waals surface area contributed by atoms with Crippen LogP contribution in [0.25, 0.3) is 0 Å². The summed E-state index contributed by atoms with van der Waals surface area (Å²) in [4.78, 5) is 0. The monoisotopic (exact) mass is 654 g/mol. The molecule has 0 spiro atoms. The van der Waals surface area contributed by atoms with Gasteiger partial charge in [0, 0.05) is 0 Å². The molecule has 1 saturated heterocycles. The first kappa shape index (κ1) is 33.9. The highest BCUT2D eigenvalue weighted by atomic mass is 32.3. The van der Waals surface area contributed by atoms with Gasteiger partial charge in [-0.1, -0.05) is 7.77 Å².